The monoisotopic (exact) mass is 183 g/mol. The van der Waals surface area contributed by atoms with E-state index < -0.39 is 0 Å². The number of rotatable bonds is 5. The van der Waals surface area contributed by atoms with Gasteiger partial charge in [-0.15, -0.1) is 12.4 Å². The number of ether oxygens (including phenoxy) is 2. The molecule has 0 spiro atoms. The minimum Gasteiger partial charge on any atom is -0.469 e. The molecule has 68 valence electrons. The number of esters is 1. The second kappa shape index (κ2) is 9.68. The molecular formula is C6H14ClNO3. The Morgan fingerprint density at radius 1 is 1.45 bits per heavy atom. The first-order valence-electron chi connectivity index (χ1n) is 3.16. The van der Waals surface area contributed by atoms with Crippen LogP contribution in [0.4, 0.5) is 0 Å². The molecular weight excluding hydrogens is 170 g/mol. The van der Waals surface area contributed by atoms with Crippen LogP contribution < -0.4 is 5.73 Å². The quantitative estimate of drug-likeness (QED) is 0.480. The second-order valence-electron chi connectivity index (χ2n) is 1.73. The Balaban J connectivity index is 0. The minimum absolute atomic E-state index is 0. The lowest BCUT2D eigenvalue weighted by atomic mass is 10.5. The van der Waals surface area contributed by atoms with E-state index in [9.17, 15) is 4.79 Å². The van der Waals surface area contributed by atoms with E-state index >= 15 is 0 Å². The molecule has 2 N–H and O–H groups in total. The fourth-order valence-corrected chi connectivity index (χ4v) is 0.443. The third kappa shape index (κ3) is 9.68. The zero-order chi connectivity index (χ0) is 7.82. The van der Waals surface area contributed by atoms with E-state index in [0.717, 1.165) is 0 Å². The Morgan fingerprint density at radius 2 is 2.09 bits per heavy atom. The molecule has 0 aromatic carbocycles. The Bertz CT molecular complexity index is 99.8. The molecule has 0 amide bonds. The molecule has 0 aromatic heterocycles. The predicted octanol–water partition coefficient (Wildman–Crippen LogP) is -0.0534. The van der Waals surface area contributed by atoms with E-state index in [1.165, 1.54) is 7.11 Å². The highest BCUT2D eigenvalue weighted by Crippen LogP contribution is 1.84. The van der Waals surface area contributed by atoms with Crippen molar-refractivity contribution in [2.24, 2.45) is 5.73 Å². The van der Waals surface area contributed by atoms with Crippen LogP contribution in [0.25, 0.3) is 0 Å². The average Bonchev–Trinajstić information content (AvgIpc) is 1.98. The van der Waals surface area contributed by atoms with Crippen LogP contribution in [0.15, 0.2) is 0 Å². The average molecular weight is 184 g/mol. The number of hydrogen-bond acceptors (Lipinski definition) is 4. The van der Waals surface area contributed by atoms with Gasteiger partial charge in [0.25, 0.3) is 0 Å². The van der Waals surface area contributed by atoms with Crippen LogP contribution in [0, 0.1) is 0 Å². The van der Waals surface area contributed by atoms with E-state index in [4.69, 9.17) is 10.5 Å². The molecule has 0 atom stereocenters. The van der Waals surface area contributed by atoms with Crippen molar-refractivity contribution in [2.45, 2.75) is 6.42 Å². The maximum atomic E-state index is 10.4. The Kier molecular flexibility index (Phi) is 11.7. The lowest BCUT2D eigenvalue weighted by molar-refractivity contribution is -0.141. The summed E-state index contributed by atoms with van der Waals surface area (Å²) in [5, 5.41) is 0. The first-order chi connectivity index (χ1) is 4.81. The molecule has 11 heavy (non-hydrogen) atoms. The zero-order valence-electron chi connectivity index (χ0n) is 6.54. The Morgan fingerprint density at radius 3 is 2.55 bits per heavy atom. The Hall–Kier alpha value is -0.320. The van der Waals surface area contributed by atoms with Crippen molar-refractivity contribution in [3.63, 3.8) is 0 Å². The van der Waals surface area contributed by atoms with Gasteiger partial charge in [0.15, 0.2) is 0 Å². The molecule has 0 aliphatic heterocycles. The third-order valence-electron chi connectivity index (χ3n) is 0.940. The van der Waals surface area contributed by atoms with Gasteiger partial charge in [0.2, 0.25) is 0 Å². The molecule has 0 saturated carbocycles. The highest BCUT2D eigenvalue weighted by Gasteiger charge is 1.97. The third-order valence-corrected chi connectivity index (χ3v) is 0.940. The van der Waals surface area contributed by atoms with Crippen LogP contribution in [0.5, 0.6) is 0 Å². The van der Waals surface area contributed by atoms with Crippen molar-refractivity contribution in [3.8, 4) is 0 Å². The molecule has 0 aliphatic carbocycles. The largest absolute Gasteiger partial charge is 0.469 e. The smallest absolute Gasteiger partial charge is 0.307 e. The highest BCUT2D eigenvalue weighted by molar-refractivity contribution is 5.85. The number of methoxy groups -OCH3 is 1. The van der Waals surface area contributed by atoms with Crippen LogP contribution >= 0.6 is 12.4 Å². The van der Waals surface area contributed by atoms with Crippen molar-refractivity contribution in [1.82, 2.24) is 0 Å². The van der Waals surface area contributed by atoms with E-state index in [1.807, 2.05) is 0 Å². The zero-order valence-corrected chi connectivity index (χ0v) is 7.36. The van der Waals surface area contributed by atoms with Gasteiger partial charge >= 0.3 is 5.97 Å². The molecule has 0 aromatic rings. The molecule has 0 saturated heterocycles. The number of hydrogen-bond donors (Lipinski definition) is 1. The molecule has 0 rings (SSSR count). The Labute approximate surface area is 72.4 Å². The number of nitrogens with two attached hydrogens (primary N) is 1. The summed E-state index contributed by atoms with van der Waals surface area (Å²) in [6, 6.07) is 0. The summed E-state index contributed by atoms with van der Waals surface area (Å²) in [5.74, 6) is -0.253. The van der Waals surface area contributed by atoms with Crippen LogP contribution in [0.3, 0.4) is 0 Å². The van der Waals surface area contributed by atoms with Crippen molar-refractivity contribution in [1.29, 1.82) is 0 Å². The van der Waals surface area contributed by atoms with Crippen molar-refractivity contribution < 1.29 is 14.3 Å². The van der Waals surface area contributed by atoms with Crippen LogP contribution in [-0.2, 0) is 14.3 Å². The van der Waals surface area contributed by atoms with Crippen LogP contribution in [-0.4, -0.2) is 32.8 Å². The summed E-state index contributed by atoms with van der Waals surface area (Å²) in [6.45, 7) is 1.38. The molecule has 0 heterocycles. The fraction of sp³-hybridized carbons (Fsp3) is 0.833. The van der Waals surface area contributed by atoms with Crippen molar-refractivity contribution in [2.75, 3.05) is 26.9 Å². The van der Waals surface area contributed by atoms with Crippen molar-refractivity contribution >= 4 is 18.4 Å². The highest BCUT2D eigenvalue weighted by atomic mass is 35.5. The van der Waals surface area contributed by atoms with Gasteiger partial charge in [-0.2, -0.15) is 0 Å². The summed E-state index contributed by atoms with van der Waals surface area (Å²) < 4.78 is 9.31. The molecule has 4 nitrogen and oxygen atoms in total. The van der Waals surface area contributed by atoms with Gasteiger partial charge in [-0.05, 0) is 0 Å². The second-order valence-corrected chi connectivity index (χ2v) is 1.73. The first-order valence-corrected chi connectivity index (χ1v) is 3.16. The van der Waals surface area contributed by atoms with Gasteiger partial charge in [0.05, 0.1) is 26.7 Å². The maximum absolute atomic E-state index is 10.4. The number of carbonyl (C=O) groups excluding carboxylic acids is 1. The predicted molar refractivity (Wildman–Crippen MR) is 43.8 cm³/mol. The molecule has 0 bridgehead atoms. The molecule has 5 heteroatoms. The SMILES string of the molecule is COC(=O)CCOCCN.Cl. The molecule has 0 unspecified atom stereocenters. The van der Waals surface area contributed by atoms with Gasteiger partial charge in [0.1, 0.15) is 0 Å². The van der Waals surface area contributed by atoms with Gasteiger partial charge in [-0.25, -0.2) is 0 Å². The first kappa shape index (κ1) is 13.3. The van der Waals surface area contributed by atoms with Gasteiger partial charge < -0.3 is 15.2 Å². The summed E-state index contributed by atoms with van der Waals surface area (Å²) >= 11 is 0. The molecule has 0 radical (unpaired) electrons. The maximum Gasteiger partial charge on any atom is 0.307 e. The normalized spacial score (nSPS) is 8.55. The summed E-state index contributed by atoms with van der Waals surface area (Å²) in [5.41, 5.74) is 5.14. The van der Waals surface area contributed by atoms with E-state index in [0.29, 0.717) is 26.2 Å². The van der Waals surface area contributed by atoms with Gasteiger partial charge in [0, 0.05) is 6.54 Å². The summed E-state index contributed by atoms with van der Waals surface area (Å²) in [6.07, 6.45) is 0.302. The molecule has 0 fully saturated rings. The lowest BCUT2D eigenvalue weighted by Gasteiger charge is -1.99. The summed E-state index contributed by atoms with van der Waals surface area (Å²) in [4.78, 5) is 10.4. The van der Waals surface area contributed by atoms with Crippen LogP contribution in [0.2, 0.25) is 0 Å². The van der Waals surface area contributed by atoms with E-state index in [-0.39, 0.29) is 18.4 Å². The van der Waals surface area contributed by atoms with Gasteiger partial charge in [-0.1, -0.05) is 0 Å². The minimum atomic E-state index is -0.253. The van der Waals surface area contributed by atoms with E-state index in [1.54, 1.807) is 0 Å². The number of halogens is 1. The standard InChI is InChI=1S/C6H13NO3.ClH/c1-9-6(8)2-4-10-5-3-7;/h2-5,7H2,1H3;1H. The van der Waals surface area contributed by atoms with Crippen LogP contribution in [0.1, 0.15) is 6.42 Å². The molecule has 0 aliphatic rings. The van der Waals surface area contributed by atoms with Crippen molar-refractivity contribution in [3.05, 3.63) is 0 Å². The summed E-state index contributed by atoms with van der Waals surface area (Å²) in [7, 11) is 1.35. The topological polar surface area (TPSA) is 61.5 Å². The van der Waals surface area contributed by atoms with E-state index in [2.05, 4.69) is 4.74 Å². The lowest BCUT2D eigenvalue weighted by Crippen LogP contribution is -2.11. The fourth-order valence-electron chi connectivity index (χ4n) is 0.443. The number of carbonyl (C=O) groups is 1. The van der Waals surface area contributed by atoms with Gasteiger partial charge in [-0.3, -0.25) is 4.79 Å².